The van der Waals surface area contributed by atoms with E-state index in [9.17, 15) is 9.59 Å². The Morgan fingerprint density at radius 1 is 1.00 bits per heavy atom. The van der Waals surface area contributed by atoms with Crippen LogP contribution in [0.15, 0.2) is 0 Å². The van der Waals surface area contributed by atoms with Crippen LogP contribution in [0.1, 0.15) is 69.9 Å². The van der Waals surface area contributed by atoms with Gasteiger partial charge in [-0.1, -0.05) is 46.5 Å². The zero-order chi connectivity index (χ0) is 20.9. The summed E-state index contributed by atoms with van der Waals surface area (Å²) in [6.45, 7) is 13.7. The summed E-state index contributed by atoms with van der Waals surface area (Å²) in [5, 5.41) is 3.46. The van der Waals surface area contributed by atoms with Crippen LogP contribution >= 0.6 is 11.3 Å². The minimum Gasteiger partial charge on any atom is -0.332 e. The van der Waals surface area contributed by atoms with E-state index in [1.807, 2.05) is 13.8 Å². The molecule has 7 heteroatoms. The number of hydrogen-bond acceptors (Lipinski definition) is 5. The molecule has 0 aromatic carbocycles. The normalized spacial score (nSPS) is 11.1. The van der Waals surface area contributed by atoms with Gasteiger partial charge in [0.15, 0.2) is 5.13 Å². The van der Waals surface area contributed by atoms with Crippen LogP contribution in [-0.2, 0) is 9.59 Å². The smallest absolute Gasteiger partial charge is 0.245 e. The molecule has 1 aromatic rings. The molecule has 0 aliphatic rings. The third kappa shape index (κ3) is 9.15. The average molecular weight is 411 g/mol. The van der Waals surface area contributed by atoms with Crippen molar-refractivity contribution >= 4 is 28.3 Å². The second-order valence-corrected chi connectivity index (χ2v) is 8.42. The fraction of sp³-hybridized carbons (Fsp3) is 0.762. The van der Waals surface area contributed by atoms with Gasteiger partial charge in [-0.3, -0.25) is 9.59 Å². The molecular weight excluding hydrogens is 372 g/mol. The predicted octanol–water partition coefficient (Wildman–Crippen LogP) is 4.23. The Morgan fingerprint density at radius 2 is 1.68 bits per heavy atom. The van der Waals surface area contributed by atoms with E-state index in [0.29, 0.717) is 18.1 Å². The summed E-state index contributed by atoms with van der Waals surface area (Å²) in [5.41, 5.74) is 0.932. The number of hydrogen-bond donors (Lipinski definition) is 1. The van der Waals surface area contributed by atoms with Gasteiger partial charge in [-0.25, -0.2) is 4.98 Å². The maximum atomic E-state index is 12.7. The maximum Gasteiger partial charge on any atom is 0.245 e. The molecule has 0 unspecified atom stereocenters. The number of rotatable bonds is 14. The molecule has 0 saturated heterocycles. The summed E-state index contributed by atoms with van der Waals surface area (Å²) in [6, 6.07) is 0. The van der Waals surface area contributed by atoms with Gasteiger partial charge < -0.3 is 15.1 Å². The van der Waals surface area contributed by atoms with Crippen molar-refractivity contribution in [2.45, 2.75) is 73.1 Å². The molecular formula is C21H38N4O2S. The van der Waals surface area contributed by atoms with Crippen LogP contribution in [0.25, 0.3) is 0 Å². The van der Waals surface area contributed by atoms with E-state index in [-0.39, 0.29) is 18.4 Å². The summed E-state index contributed by atoms with van der Waals surface area (Å²) in [5.74, 6) is -0.0991. The fourth-order valence-electron chi connectivity index (χ4n) is 2.99. The standard InChI is InChI=1S/C21H38N4O2S/c1-6-9-10-11-12-13-20(27)25(15-14-24(7-2)8-3)16-19(26)23-21-22-17(4)18(5)28-21/h6-16H2,1-5H3,(H,22,23,26). The lowest BCUT2D eigenvalue weighted by atomic mass is 10.1. The van der Waals surface area contributed by atoms with Crippen molar-refractivity contribution in [3.8, 4) is 0 Å². The van der Waals surface area contributed by atoms with Gasteiger partial charge in [0.1, 0.15) is 0 Å². The first-order valence-corrected chi connectivity index (χ1v) is 11.5. The monoisotopic (exact) mass is 410 g/mol. The highest BCUT2D eigenvalue weighted by molar-refractivity contribution is 7.15. The predicted molar refractivity (Wildman–Crippen MR) is 118 cm³/mol. The average Bonchev–Trinajstić information content (AvgIpc) is 2.98. The molecule has 0 atom stereocenters. The van der Waals surface area contributed by atoms with Gasteiger partial charge in [0.2, 0.25) is 11.8 Å². The third-order valence-electron chi connectivity index (χ3n) is 5.04. The highest BCUT2D eigenvalue weighted by Crippen LogP contribution is 2.21. The number of aromatic nitrogens is 1. The fourth-order valence-corrected chi connectivity index (χ4v) is 3.82. The van der Waals surface area contributed by atoms with Crippen LogP contribution in [0, 0.1) is 13.8 Å². The lowest BCUT2D eigenvalue weighted by Crippen LogP contribution is -2.42. The van der Waals surface area contributed by atoms with Gasteiger partial charge in [-0.15, -0.1) is 11.3 Å². The van der Waals surface area contributed by atoms with Gasteiger partial charge in [0.25, 0.3) is 0 Å². The van der Waals surface area contributed by atoms with Crippen LogP contribution < -0.4 is 5.32 Å². The van der Waals surface area contributed by atoms with Crippen molar-refractivity contribution in [1.82, 2.24) is 14.8 Å². The Labute approximate surface area is 174 Å². The molecule has 1 aromatic heterocycles. The number of aryl methyl sites for hydroxylation is 2. The Bertz CT molecular complexity index is 580. The molecule has 0 spiro atoms. The summed E-state index contributed by atoms with van der Waals surface area (Å²) < 4.78 is 0. The first-order chi connectivity index (χ1) is 13.4. The number of carbonyl (C=O) groups is 2. The van der Waals surface area contributed by atoms with E-state index < -0.39 is 0 Å². The third-order valence-corrected chi connectivity index (χ3v) is 6.03. The molecule has 1 N–H and O–H groups in total. The molecule has 0 radical (unpaired) electrons. The number of nitrogens with zero attached hydrogens (tertiary/aromatic N) is 3. The minimum absolute atomic E-state index is 0.0744. The number of thiazole rings is 1. The van der Waals surface area contributed by atoms with Crippen LogP contribution in [0.2, 0.25) is 0 Å². The van der Waals surface area contributed by atoms with Gasteiger partial charge >= 0.3 is 0 Å². The SMILES string of the molecule is CCCCCCCC(=O)N(CCN(CC)CC)CC(=O)Nc1nc(C)c(C)s1. The quantitative estimate of drug-likeness (QED) is 0.466. The van der Waals surface area contributed by atoms with E-state index in [1.165, 1.54) is 30.6 Å². The van der Waals surface area contributed by atoms with Crippen LogP contribution in [0.5, 0.6) is 0 Å². The van der Waals surface area contributed by atoms with Gasteiger partial charge in [-0.2, -0.15) is 0 Å². The van der Waals surface area contributed by atoms with E-state index in [4.69, 9.17) is 0 Å². The lowest BCUT2D eigenvalue weighted by Gasteiger charge is -2.26. The highest BCUT2D eigenvalue weighted by Gasteiger charge is 2.18. The van der Waals surface area contributed by atoms with Crippen LogP contribution in [0.3, 0.4) is 0 Å². The molecule has 0 aliphatic heterocycles. The lowest BCUT2D eigenvalue weighted by molar-refractivity contribution is -0.135. The Balaban J connectivity index is 2.61. The zero-order valence-electron chi connectivity index (χ0n) is 18.3. The molecule has 28 heavy (non-hydrogen) atoms. The van der Waals surface area contributed by atoms with Gasteiger partial charge in [0, 0.05) is 24.4 Å². The number of likely N-dealkylation sites (N-methyl/N-ethyl adjacent to an activating group) is 1. The molecule has 1 rings (SSSR count). The van der Waals surface area contributed by atoms with Gasteiger partial charge in [0.05, 0.1) is 12.2 Å². The molecule has 0 bridgehead atoms. The highest BCUT2D eigenvalue weighted by atomic mass is 32.1. The second kappa shape index (κ2) is 13.7. The number of carbonyl (C=O) groups excluding carboxylic acids is 2. The largest absolute Gasteiger partial charge is 0.332 e. The van der Waals surface area contributed by atoms with Crippen molar-refractivity contribution in [2.24, 2.45) is 0 Å². The summed E-state index contributed by atoms with van der Waals surface area (Å²) in [4.78, 5) is 34.7. The van der Waals surface area contributed by atoms with E-state index in [0.717, 1.165) is 43.0 Å². The van der Waals surface area contributed by atoms with Crippen LogP contribution in [-0.4, -0.2) is 59.3 Å². The van der Waals surface area contributed by atoms with E-state index >= 15 is 0 Å². The zero-order valence-corrected chi connectivity index (χ0v) is 19.2. The van der Waals surface area contributed by atoms with Crippen molar-refractivity contribution in [3.05, 3.63) is 10.6 Å². The molecule has 0 saturated carbocycles. The van der Waals surface area contributed by atoms with Crippen molar-refractivity contribution in [1.29, 1.82) is 0 Å². The second-order valence-electron chi connectivity index (χ2n) is 7.22. The summed E-state index contributed by atoms with van der Waals surface area (Å²) in [7, 11) is 0. The van der Waals surface area contributed by atoms with Crippen LogP contribution in [0.4, 0.5) is 5.13 Å². The van der Waals surface area contributed by atoms with Crippen molar-refractivity contribution in [2.75, 3.05) is 38.0 Å². The van der Waals surface area contributed by atoms with Crippen molar-refractivity contribution in [3.63, 3.8) is 0 Å². The van der Waals surface area contributed by atoms with Gasteiger partial charge in [-0.05, 0) is 33.4 Å². The molecule has 0 fully saturated rings. The maximum absolute atomic E-state index is 12.7. The Kier molecular flexibility index (Phi) is 12.0. The minimum atomic E-state index is -0.173. The van der Waals surface area contributed by atoms with Crippen molar-refractivity contribution < 1.29 is 9.59 Å². The Morgan fingerprint density at radius 3 is 2.25 bits per heavy atom. The number of unbranched alkanes of at least 4 members (excludes halogenated alkanes) is 4. The van der Waals surface area contributed by atoms with E-state index in [1.54, 1.807) is 4.90 Å². The molecule has 2 amide bonds. The first-order valence-electron chi connectivity index (χ1n) is 10.6. The topological polar surface area (TPSA) is 65.5 Å². The first kappa shape index (κ1) is 24.6. The molecule has 6 nitrogen and oxygen atoms in total. The summed E-state index contributed by atoms with van der Waals surface area (Å²) >= 11 is 1.47. The molecule has 0 aliphatic carbocycles. The number of anilines is 1. The number of amides is 2. The van der Waals surface area contributed by atoms with E-state index in [2.05, 4.69) is 36.0 Å². The molecule has 160 valence electrons. The Hall–Kier alpha value is -1.47. The molecule has 1 heterocycles. The number of nitrogens with one attached hydrogen (secondary N) is 1. The summed E-state index contributed by atoms with van der Waals surface area (Å²) in [6.07, 6.45) is 6.08.